The van der Waals surface area contributed by atoms with Gasteiger partial charge in [-0.3, -0.25) is 0 Å². The largest absolute Gasteiger partial charge is 0.392 e. The lowest BCUT2D eigenvalue weighted by Crippen LogP contribution is -2.41. The summed E-state index contributed by atoms with van der Waals surface area (Å²) in [5.74, 6) is -1.58. The molecule has 3 unspecified atom stereocenters. The predicted octanol–water partition coefficient (Wildman–Crippen LogP) is 3.65. The third kappa shape index (κ3) is 4.92. The zero-order valence-corrected chi connectivity index (χ0v) is 17.8. The second kappa shape index (κ2) is 9.15. The number of hydrogen-bond acceptors (Lipinski definition) is 5. The Morgan fingerprint density at radius 1 is 1.17 bits per heavy atom. The molecule has 30 heavy (non-hydrogen) atoms. The second-order valence-corrected chi connectivity index (χ2v) is 9.64. The van der Waals surface area contributed by atoms with Gasteiger partial charge in [0.15, 0.2) is 6.23 Å². The van der Waals surface area contributed by atoms with Crippen LogP contribution in [0.1, 0.15) is 38.0 Å². The normalized spacial score (nSPS) is 21.8. The number of hydrogen-bond donors (Lipinski definition) is 3. The topological polar surface area (TPSA) is 89.9 Å². The van der Waals surface area contributed by atoms with Gasteiger partial charge in [0.1, 0.15) is 16.5 Å². The minimum atomic E-state index is -4.25. The smallest absolute Gasteiger partial charge is 0.246 e. The van der Waals surface area contributed by atoms with E-state index in [9.17, 15) is 27.4 Å². The molecule has 10 heteroatoms. The van der Waals surface area contributed by atoms with E-state index in [1.165, 1.54) is 18.2 Å². The Morgan fingerprint density at radius 3 is 2.57 bits per heavy atom. The minimum absolute atomic E-state index is 0.0958. The van der Waals surface area contributed by atoms with Crippen molar-refractivity contribution in [1.82, 2.24) is 4.31 Å². The molecule has 0 aromatic heterocycles. The molecule has 0 amide bonds. The molecule has 0 spiro atoms. The molecule has 3 rings (SSSR count). The number of halogens is 3. The van der Waals surface area contributed by atoms with Gasteiger partial charge in [-0.25, -0.2) is 17.2 Å². The molecule has 2 aromatic carbocycles. The monoisotopic (exact) mass is 460 g/mol. The Morgan fingerprint density at radius 2 is 1.87 bits per heavy atom. The quantitative estimate of drug-likeness (QED) is 0.593. The molecule has 3 atom stereocenters. The number of sulfonamides is 1. The fourth-order valence-electron chi connectivity index (χ4n) is 3.45. The Labute approximate surface area is 179 Å². The first kappa shape index (κ1) is 22.9. The van der Waals surface area contributed by atoms with Crippen molar-refractivity contribution in [3.63, 3.8) is 0 Å². The number of aliphatic hydroxyl groups excluding tert-OH is 2. The lowest BCUT2D eigenvalue weighted by molar-refractivity contribution is 0.142. The summed E-state index contributed by atoms with van der Waals surface area (Å²) >= 11 is 5.72. The minimum Gasteiger partial charge on any atom is -0.392 e. The number of benzene rings is 2. The van der Waals surface area contributed by atoms with Crippen molar-refractivity contribution in [2.75, 3.05) is 11.9 Å². The van der Waals surface area contributed by atoms with Crippen molar-refractivity contribution in [3.8, 4) is 0 Å². The number of aliphatic hydroxyl groups is 2. The van der Waals surface area contributed by atoms with E-state index < -0.39 is 44.9 Å². The molecular formula is C20H23ClF2N2O4S. The molecular weight excluding hydrogens is 438 g/mol. The zero-order chi connectivity index (χ0) is 22.1. The Balaban J connectivity index is 1.90. The third-order valence-electron chi connectivity index (χ3n) is 5.12. The van der Waals surface area contributed by atoms with Crippen molar-refractivity contribution in [2.24, 2.45) is 0 Å². The molecule has 0 aliphatic carbocycles. The highest BCUT2D eigenvalue weighted by atomic mass is 35.5. The van der Waals surface area contributed by atoms with Crippen molar-refractivity contribution in [1.29, 1.82) is 0 Å². The Bertz CT molecular complexity index is 1020. The number of β-amino-alcohol motifs (C(OH)–C–C–N with tert-alkyl or cyclic N) is 1. The molecule has 3 N–H and O–H groups in total. The van der Waals surface area contributed by atoms with Gasteiger partial charge in [0.25, 0.3) is 0 Å². The summed E-state index contributed by atoms with van der Waals surface area (Å²) in [4.78, 5) is -0.584. The van der Waals surface area contributed by atoms with Gasteiger partial charge >= 0.3 is 0 Å². The summed E-state index contributed by atoms with van der Waals surface area (Å²) in [5, 5.41) is 23.0. The van der Waals surface area contributed by atoms with Crippen LogP contribution in [0.25, 0.3) is 0 Å². The second-order valence-electron chi connectivity index (χ2n) is 7.37. The van der Waals surface area contributed by atoms with Gasteiger partial charge in [-0.1, -0.05) is 17.7 Å². The molecule has 0 bridgehead atoms. The Hall–Kier alpha value is -1.78. The molecule has 1 heterocycles. The first-order valence-electron chi connectivity index (χ1n) is 9.48. The SMILES string of the molecule is CC1CCCC(O)CN1S(=O)(=O)c1cc(C(O)Nc2ccc(F)c(Cl)c2)ccc1F. The lowest BCUT2D eigenvalue weighted by Gasteiger charge is -2.28. The third-order valence-corrected chi connectivity index (χ3v) is 7.41. The van der Waals surface area contributed by atoms with Crippen LogP contribution in [0.5, 0.6) is 0 Å². The van der Waals surface area contributed by atoms with Crippen LogP contribution in [0.15, 0.2) is 41.3 Å². The number of anilines is 1. The lowest BCUT2D eigenvalue weighted by atomic mass is 10.1. The highest BCUT2D eigenvalue weighted by Crippen LogP contribution is 2.29. The van der Waals surface area contributed by atoms with Gasteiger partial charge in [-0.2, -0.15) is 4.31 Å². The summed E-state index contributed by atoms with van der Waals surface area (Å²) in [6.45, 7) is 1.59. The highest BCUT2D eigenvalue weighted by Gasteiger charge is 2.35. The van der Waals surface area contributed by atoms with Crippen LogP contribution in [0, 0.1) is 11.6 Å². The first-order valence-corrected chi connectivity index (χ1v) is 11.3. The standard InChI is InChI=1S/C20H23ClF2N2O4S/c1-12-3-2-4-15(26)11-25(12)30(28,29)19-9-13(5-7-18(19)23)20(27)24-14-6-8-17(22)16(21)10-14/h5-10,12,15,20,24,26-27H,2-4,11H2,1H3. The van der Waals surface area contributed by atoms with Crippen molar-refractivity contribution >= 4 is 27.3 Å². The van der Waals surface area contributed by atoms with Gasteiger partial charge in [0.2, 0.25) is 10.0 Å². The van der Waals surface area contributed by atoms with Crippen LogP contribution >= 0.6 is 11.6 Å². The van der Waals surface area contributed by atoms with E-state index in [1.54, 1.807) is 6.92 Å². The van der Waals surface area contributed by atoms with E-state index in [-0.39, 0.29) is 17.1 Å². The van der Waals surface area contributed by atoms with Crippen LogP contribution in [-0.4, -0.2) is 41.6 Å². The van der Waals surface area contributed by atoms with E-state index in [4.69, 9.17) is 11.6 Å². The van der Waals surface area contributed by atoms with Crippen molar-refractivity contribution in [2.45, 2.75) is 49.5 Å². The predicted molar refractivity (Wildman–Crippen MR) is 110 cm³/mol. The van der Waals surface area contributed by atoms with Gasteiger partial charge in [0.05, 0.1) is 11.1 Å². The zero-order valence-electron chi connectivity index (χ0n) is 16.2. The number of nitrogens with zero attached hydrogens (tertiary/aromatic N) is 1. The molecule has 1 aliphatic rings. The van der Waals surface area contributed by atoms with Gasteiger partial charge in [-0.05, 0) is 56.5 Å². The summed E-state index contributed by atoms with van der Waals surface area (Å²) in [6.07, 6.45) is -0.533. The van der Waals surface area contributed by atoms with Crippen LogP contribution in [-0.2, 0) is 10.0 Å². The van der Waals surface area contributed by atoms with Crippen LogP contribution in [0.4, 0.5) is 14.5 Å². The van der Waals surface area contributed by atoms with Gasteiger partial charge in [-0.15, -0.1) is 0 Å². The summed E-state index contributed by atoms with van der Waals surface area (Å²) in [7, 11) is -4.25. The first-order chi connectivity index (χ1) is 14.1. The van der Waals surface area contributed by atoms with E-state index in [0.717, 1.165) is 22.5 Å². The van der Waals surface area contributed by atoms with Crippen LogP contribution in [0.3, 0.4) is 0 Å². The van der Waals surface area contributed by atoms with Gasteiger partial charge < -0.3 is 15.5 Å². The number of rotatable bonds is 5. The average Bonchev–Trinajstić information content (AvgIpc) is 2.86. The van der Waals surface area contributed by atoms with E-state index in [2.05, 4.69) is 5.32 Å². The molecule has 0 saturated carbocycles. The summed E-state index contributed by atoms with van der Waals surface area (Å²) < 4.78 is 55.2. The fourth-order valence-corrected chi connectivity index (χ4v) is 5.43. The van der Waals surface area contributed by atoms with Crippen LogP contribution in [0.2, 0.25) is 5.02 Å². The molecule has 164 valence electrons. The van der Waals surface area contributed by atoms with E-state index >= 15 is 0 Å². The molecule has 0 radical (unpaired) electrons. The Kier molecular flexibility index (Phi) is 6.98. The van der Waals surface area contributed by atoms with Crippen molar-refractivity contribution in [3.05, 3.63) is 58.6 Å². The molecule has 6 nitrogen and oxygen atoms in total. The van der Waals surface area contributed by atoms with Crippen LogP contribution < -0.4 is 5.32 Å². The fraction of sp³-hybridized carbons (Fsp3) is 0.400. The highest BCUT2D eigenvalue weighted by molar-refractivity contribution is 7.89. The maximum absolute atomic E-state index is 14.5. The van der Waals surface area contributed by atoms with Gasteiger partial charge in [0, 0.05) is 23.8 Å². The maximum Gasteiger partial charge on any atom is 0.246 e. The molecule has 2 aromatic rings. The molecule has 1 saturated heterocycles. The average molecular weight is 461 g/mol. The van der Waals surface area contributed by atoms with Crippen molar-refractivity contribution < 1.29 is 27.4 Å². The van der Waals surface area contributed by atoms with E-state index in [0.29, 0.717) is 24.9 Å². The van der Waals surface area contributed by atoms with E-state index in [1.807, 2.05) is 0 Å². The summed E-state index contributed by atoms with van der Waals surface area (Å²) in [6, 6.07) is 6.59. The maximum atomic E-state index is 14.5. The molecule has 1 aliphatic heterocycles. The molecule has 1 fully saturated rings. The summed E-state index contributed by atoms with van der Waals surface area (Å²) in [5.41, 5.74) is 0.394. The number of nitrogens with one attached hydrogen (secondary N) is 1.